The van der Waals surface area contributed by atoms with Crippen LogP contribution in [0.5, 0.6) is 0 Å². The molecular weight excluding hydrogens is 268 g/mol. The van der Waals surface area contributed by atoms with Crippen LogP contribution in [0.1, 0.15) is 16.8 Å². The molecule has 0 fully saturated rings. The average Bonchev–Trinajstić information content (AvgIpc) is 2.55. The van der Waals surface area contributed by atoms with Gasteiger partial charge in [-0.1, -0.05) is 0 Å². The Morgan fingerprint density at radius 3 is 2.95 bits per heavy atom. The fourth-order valence-electron chi connectivity index (χ4n) is 1.62. The van der Waals surface area contributed by atoms with Gasteiger partial charge in [-0.25, -0.2) is 0 Å². The maximum absolute atomic E-state index is 11.7. The van der Waals surface area contributed by atoms with Gasteiger partial charge in [0.25, 0.3) is 5.91 Å². The van der Waals surface area contributed by atoms with E-state index in [1.165, 1.54) is 0 Å². The maximum Gasteiger partial charge on any atom is 0.322 e. The molecule has 0 unspecified atom stereocenters. The van der Waals surface area contributed by atoms with Gasteiger partial charge in [0.05, 0.1) is 5.69 Å². The van der Waals surface area contributed by atoms with Crippen molar-refractivity contribution in [3.63, 3.8) is 0 Å². The van der Waals surface area contributed by atoms with Crippen LogP contribution >= 0.6 is 11.8 Å². The number of carbonyl (C=O) groups is 3. The molecule has 3 N–H and O–H groups in total. The number of amides is 2. The first kappa shape index (κ1) is 13.4. The molecule has 1 aliphatic rings. The summed E-state index contributed by atoms with van der Waals surface area (Å²) in [6.07, 6.45) is 0.430. The molecule has 0 bridgehead atoms. The molecule has 6 nitrogen and oxygen atoms in total. The van der Waals surface area contributed by atoms with E-state index in [4.69, 9.17) is 5.11 Å². The number of thioether (sulfide) groups is 1. The zero-order chi connectivity index (χ0) is 13.8. The number of hydrogen-bond donors (Lipinski definition) is 3. The number of benzene rings is 1. The quantitative estimate of drug-likeness (QED) is 0.765. The van der Waals surface area contributed by atoms with Crippen molar-refractivity contribution in [2.45, 2.75) is 11.3 Å². The van der Waals surface area contributed by atoms with Crippen molar-refractivity contribution < 1.29 is 19.5 Å². The highest BCUT2D eigenvalue weighted by Crippen LogP contribution is 2.31. The second-order valence-corrected chi connectivity index (χ2v) is 5.07. The van der Waals surface area contributed by atoms with E-state index in [2.05, 4.69) is 10.6 Å². The van der Waals surface area contributed by atoms with Gasteiger partial charge in [0.1, 0.15) is 6.54 Å². The first-order chi connectivity index (χ1) is 9.06. The highest BCUT2D eigenvalue weighted by Gasteiger charge is 2.15. The van der Waals surface area contributed by atoms with Crippen molar-refractivity contribution in [1.82, 2.24) is 5.32 Å². The number of carboxylic acid groups (broad SMARTS) is 1. The molecule has 1 heterocycles. The smallest absolute Gasteiger partial charge is 0.322 e. The highest BCUT2D eigenvalue weighted by molar-refractivity contribution is 7.99. The van der Waals surface area contributed by atoms with Gasteiger partial charge in [0, 0.05) is 22.6 Å². The Balaban J connectivity index is 2.17. The van der Waals surface area contributed by atoms with Gasteiger partial charge in [-0.2, -0.15) is 0 Å². The monoisotopic (exact) mass is 280 g/mol. The molecule has 7 heteroatoms. The summed E-state index contributed by atoms with van der Waals surface area (Å²) in [5.41, 5.74) is 0.915. The van der Waals surface area contributed by atoms with Crippen LogP contribution in [0.15, 0.2) is 23.1 Å². The molecule has 1 aromatic rings. The molecule has 0 atom stereocenters. The second-order valence-electron chi connectivity index (χ2n) is 3.93. The van der Waals surface area contributed by atoms with E-state index in [9.17, 15) is 14.4 Å². The first-order valence-corrected chi connectivity index (χ1v) is 6.61. The van der Waals surface area contributed by atoms with Gasteiger partial charge in [-0.15, -0.1) is 11.8 Å². The van der Waals surface area contributed by atoms with Gasteiger partial charge in [-0.05, 0) is 18.2 Å². The van der Waals surface area contributed by atoms with E-state index in [1.54, 1.807) is 30.0 Å². The number of aliphatic carboxylic acids is 1. The van der Waals surface area contributed by atoms with Crippen molar-refractivity contribution in [2.24, 2.45) is 0 Å². The van der Waals surface area contributed by atoms with Crippen molar-refractivity contribution in [3.8, 4) is 0 Å². The summed E-state index contributed by atoms with van der Waals surface area (Å²) < 4.78 is 0. The van der Waals surface area contributed by atoms with E-state index in [-0.39, 0.29) is 5.91 Å². The lowest BCUT2D eigenvalue weighted by Gasteiger charge is -2.08. The van der Waals surface area contributed by atoms with Crippen LogP contribution in [0.4, 0.5) is 5.69 Å². The van der Waals surface area contributed by atoms with Crippen molar-refractivity contribution in [1.29, 1.82) is 0 Å². The lowest BCUT2D eigenvalue weighted by atomic mass is 10.2. The lowest BCUT2D eigenvalue weighted by molar-refractivity contribution is -0.135. The third-order valence-corrected chi connectivity index (χ3v) is 3.58. The summed E-state index contributed by atoms with van der Waals surface area (Å²) in [5.74, 6) is -0.973. The predicted octanol–water partition coefficient (Wildman–Crippen LogP) is 0.935. The summed E-state index contributed by atoms with van der Waals surface area (Å²) in [7, 11) is 0. The van der Waals surface area contributed by atoms with Crippen LogP contribution in [0.25, 0.3) is 0 Å². The minimum Gasteiger partial charge on any atom is -0.480 e. The molecule has 0 saturated heterocycles. The molecule has 0 aliphatic carbocycles. The van der Waals surface area contributed by atoms with Crippen LogP contribution in [-0.2, 0) is 9.59 Å². The second kappa shape index (κ2) is 5.75. The molecule has 1 aliphatic heterocycles. The van der Waals surface area contributed by atoms with E-state index < -0.39 is 18.4 Å². The minimum absolute atomic E-state index is 0.0886. The third-order valence-electron chi connectivity index (χ3n) is 2.50. The molecule has 0 saturated carbocycles. The number of rotatable bonds is 3. The summed E-state index contributed by atoms with van der Waals surface area (Å²) in [6, 6.07) is 4.92. The molecule has 0 spiro atoms. The molecule has 0 aromatic heterocycles. The van der Waals surface area contributed by atoms with Gasteiger partial charge in [0.2, 0.25) is 5.91 Å². The summed E-state index contributed by atoms with van der Waals surface area (Å²) in [6.45, 7) is -0.434. The normalized spacial score (nSPS) is 14.0. The van der Waals surface area contributed by atoms with Crippen LogP contribution in [0, 0.1) is 0 Å². The van der Waals surface area contributed by atoms with E-state index >= 15 is 0 Å². The first-order valence-electron chi connectivity index (χ1n) is 5.63. The van der Waals surface area contributed by atoms with Crippen molar-refractivity contribution >= 4 is 35.2 Å². The summed E-state index contributed by atoms with van der Waals surface area (Å²) >= 11 is 1.54. The number of nitrogens with one attached hydrogen (secondary N) is 2. The van der Waals surface area contributed by atoms with Gasteiger partial charge >= 0.3 is 5.97 Å². The molecule has 2 rings (SSSR count). The fraction of sp³-hybridized carbons (Fsp3) is 0.250. The minimum atomic E-state index is -1.10. The summed E-state index contributed by atoms with van der Waals surface area (Å²) in [5, 5.41) is 13.5. The molecule has 1 aromatic carbocycles. The topological polar surface area (TPSA) is 95.5 Å². The zero-order valence-electron chi connectivity index (χ0n) is 9.93. The molecule has 0 radical (unpaired) electrons. The van der Waals surface area contributed by atoms with Crippen LogP contribution < -0.4 is 10.6 Å². The zero-order valence-corrected chi connectivity index (χ0v) is 10.8. The average molecular weight is 280 g/mol. The third kappa shape index (κ3) is 3.47. The Hall–Kier alpha value is -2.02. The van der Waals surface area contributed by atoms with E-state index in [0.29, 0.717) is 23.4 Å². The highest BCUT2D eigenvalue weighted by atomic mass is 32.2. The SMILES string of the molecule is O=C(O)CNC(=O)c1ccc2c(c1)NC(=O)CCS2. The fourth-order valence-corrected chi connectivity index (χ4v) is 2.56. The van der Waals surface area contributed by atoms with Gasteiger partial charge < -0.3 is 15.7 Å². The predicted molar refractivity (Wildman–Crippen MR) is 70.4 cm³/mol. The molecule has 19 heavy (non-hydrogen) atoms. The van der Waals surface area contributed by atoms with Crippen LogP contribution in [0.2, 0.25) is 0 Å². The van der Waals surface area contributed by atoms with E-state index in [0.717, 1.165) is 4.90 Å². The Morgan fingerprint density at radius 1 is 1.42 bits per heavy atom. The molecule has 2 amide bonds. The van der Waals surface area contributed by atoms with Gasteiger partial charge in [0.15, 0.2) is 0 Å². The number of anilines is 1. The Labute approximate surface area is 113 Å². The molecular formula is C12H12N2O4S. The number of carbonyl (C=O) groups excluding carboxylic acids is 2. The Morgan fingerprint density at radius 2 is 2.21 bits per heavy atom. The number of fused-ring (bicyclic) bond motifs is 1. The maximum atomic E-state index is 11.7. The Kier molecular flexibility index (Phi) is 4.06. The van der Waals surface area contributed by atoms with Crippen LogP contribution in [0.3, 0.4) is 0 Å². The van der Waals surface area contributed by atoms with Crippen molar-refractivity contribution in [3.05, 3.63) is 23.8 Å². The van der Waals surface area contributed by atoms with Crippen molar-refractivity contribution in [2.75, 3.05) is 17.6 Å². The standard InChI is InChI=1S/C12H12N2O4S/c15-10-3-4-19-9-2-1-7(5-8(9)14-10)12(18)13-6-11(16)17/h1-2,5H,3-4,6H2,(H,13,18)(H,14,15)(H,16,17). The Bertz CT molecular complexity index is 545. The van der Waals surface area contributed by atoms with Gasteiger partial charge in [-0.3, -0.25) is 14.4 Å². The number of carboxylic acids is 1. The van der Waals surface area contributed by atoms with E-state index in [1.807, 2.05) is 0 Å². The summed E-state index contributed by atoms with van der Waals surface area (Å²) in [4.78, 5) is 34.4. The molecule has 100 valence electrons. The largest absolute Gasteiger partial charge is 0.480 e. The lowest BCUT2D eigenvalue weighted by Crippen LogP contribution is -2.29. The van der Waals surface area contributed by atoms with Crippen LogP contribution in [-0.4, -0.2) is 35.2 Å². The number of hydrogen-bond acceptors (Lipinski definition) is 4.